The fourth-order valence-electron chi connectivity index (χ4n) is 3.85. The van der Waals surface area contributed by atoms with E-state index in [0.717, 1.165) is 50.9 Å². The third kappa shape index (κ3) is 4.70. The lowest BCUT2D eigenvalue weighted by Gasteiger charge is -2.12. The minimum atomic E-state index is -0.298. The molecule has 0 fully saturated rings. The third-order valence-electron chi connectivity index (χ3n) is 5.62. The van der Waals surface area contributed by atoms with E-state index >= 15 is 0 Å². The maximum absolute atomic E-state index is 11.8. The number of hydrogen-bond donors (Lipinski definition) is 0. The van der Waals surface area contributed by atoms with Crippen LogP contribution in [0.4, 0.5) is 0 Å². The summed E-state index contributed by atoms with van der Waals surface area (Å²) in [5, 5.41) is 3.99. The van der Waals surface area contributed by atoms with Crippen LogP contribution in [0, 0.1) is 0 Å². The highest BCUT2D eigenvalue weighted by atomic mass is 79.9. The van der Waals surface area contributed by atoms with E-state index < -0.39 is 0 Å². The summed E-state index contributed by atoms with van der Waals surface area (Å²) in [7, 11) is 2.76. The second-order valence-electron chi connectivity index (χ2n) is 7.88. The lowest BCUT2D eigenvalue weighted by atomic mass is 10.1. The van der Waals surface area contributed by atoms with Gasteiger partial charge in [0.15, 0.2) is 0 Å². The zero-order valence-corrected chi connectivity index (χ0v) is 23.9. The third-order valence-corrected chi connectivity index (χ3v) is 9.30. The van der Waals surface area contributed by atoms with Crippen LogP contribution in [0.5, 0.6) is 0 Å². The van der Waals surface area contributed by atoms with Crippen molar-refractivity contribution in [1.29, 1.82) is 0 Å². The Balaban J connectivity index is 1.74. The fraction of sp³-hybridized carbons (Fsp3) is 0.154. The van der Waals surface area contributed by atoms with Crippen LogP contribution in [-0.2, 0) is 31.9 Å². The summed E-state index contributed by atoms with van der Waals surface area (Å²) in [6.07, 6.45) is 0.380. The quantitative estimate of drug-likeness (QED) is 0.144. The first-order chi connectivity index (χ1) is 17.4. The number of fused-ring (bicyclic) bond motifs is 2. The molecule has 0 saturated carbocycles. The van der Waals surface area contributed by atoms with Crippen molar-refractivity contribution in [3.8, 4) is 21.1 Å². The van der Waals surface area contributed by atoms with Crippen molar-refractivity contribution in [3.05, 3.63) is 67.2 Å². The van der Waals surface area contributed by atoms with Gasteiger partial charge < -0.3 is 9.47 Å². The first-order valence-electron chi connectivity index (χ1n) is 10.8. The van der Waals surface area contributed by atoms with Gasteiger partial charge in [-0.05, 0) is 71.8 Å². The van der Waals surface area contributed by atoms with Gasteiger partial charge in [0.1, 0.15) is 22.4 Å². The van der Waals surface area contributed by atoms with Gasteiger partial charge in [-0.15, -0.1) is 22.7 Å². The molecule has 0 amide bonds. The van der Waals surface area contributed by atoms with Gasteiger partial charge in [0.25, 0.3) is 0 Å². The monoisotopic (exact) mass is 644 g/mol. The molecule has 3 heterocycles. The van der Waals surface area contributed by atoms with E-state index in [-0.39, 0.29) is 24.8 Å². The van der Waals surface area contributed by atoms with Crippen LogP contribution in [0.2, 0.25) is 0 Å². The first-order valence-corrected chi connectivity index (χ1v) is 14.1. The number of aromatic nitrogens is 2. The van der Waals surface area contributed by atoms with Crippen molar-refractivity contribution in [2.24, 2.45) is 0 Å². The number of halogens is 2. The molecule has 0 aliphatic heterocycles. The van der Waals surface area contributed by atoms with Crippen molar-refractivity contribution in [3.63, 3.8) is 0 Å². The van der Waals surface area contributed by atoms with E-state index in [4.69, 9.17) is 19.4 Å². The smallest absolute Gasteiger partial charge is 0.310 e. The molecule has 0 bridgehead atoms. The molecule has 5 rings (SSSR count). The van der Waals surface area contributed by atoms with Gasteiger partial charge in [-0.3, -0.25) is 9.59 Å². The molecule has 0 saturated heterocycles. The number of hydrogen-bond acceptors (Lipinski definition) is 8. The van der Waals surface area contributed by atoms with Crippen LogP contribution in [0.15, 0.2) is 56.8 Å². The van der Waals surface area contributed by atoms with E-state index in [1.54, 1.807) is 0 Å². The Kier molecular flexibility index (Phi) is 7.21. The molecule has 2 aromatic carbocycles. The maximum atomic E-state index is 11.8. The molecule has 0 aliphatic rings. The number of carbonyl (C=O) groups is 2. The number of carbonyl (C=O) groups excluding carboxylic acids is 2. The van der Waals surface area contributed by atoms with Crippen LogP contribution < -0.4 is 0 Å². The summed E-state index contributed by atoms with van der Waals surface area (Å²) in [4.78, 5) is 36.5. The number of ether oxygens (including phenoxy) is 2. The summed E-state index contributed by atoms with van der Waals surface area (Å²) in [6, 6.07) is 13.9. The molecule has 10 heteroatoms. The van der Waals surface area contributed by atoms with Gasteiger partial charge in [-0.1, -0.05) is 24.3 Å². The summed E-state index contributed by atoms with van der Waals surface area (Å²) in [5.74, 6) is -0.593. The number of nitrogens with zero attached hydrogens (tertiary/aromatic N) is 2. The Morgan fingerprint density at radius 1 is 0.833 bits per heavy atom. The average molecular weight is 646 g/mol. The van der Waals surface area contributed by atoms with E-state index in [9.17, 15) is 9.59 Å². The molecule has 6 nitrogen and oxygen atoms in total. The van der Waals surface area contributed by atoms with Gasteiger partial charge in [0.05, 0.1) is 45.8 Å². The van der Waals surface area contributed by atoms with Crippen LogP contribution in [0.3, 0.4) is 0 Å². The van der Waals surface area contributed by atoms with Gasteiger partial charge in [0.2, 0.25) is 0 Å². The molecule has 3 aromatic heterocycles. The highest BCUT2D eigenvalue weighted by molar-refractivity contribution is 9.11. The Hall–Kier alpha value is -2.66. The largest absolute Gasteiger partial charge is 0.469 e. The van der Waals surface area contributed by atoms with Crippen molar-refractivity contribution in [2.45, 2.75) is 12.8 Å². The summed E-state index contributed by atoms with van der Waals surface area (Å²) >= 11 is 10.5. The molecule has 0 radical (unpaired) electrons. The zero-order chi connectivity index (χ0) is 25.4. The number of esters is 2. The standard InChI is InChI=1S/C26H18Br2N2O4S2/c1-33-19(31)10-13-9-18(35-12-13)24-23(17-8-7-14(36-17)11-20(32)34-2)29-25-21(27)15-5-3-4-6-16(15)22(28)26(25)30-24/h3-9,12H,10-11H2,1-2H3. The molecule has 0 atom stereocenters. The Morgan fingerprint density at radius 2 is 1.42 bits per heavy atom. The SMILES string of the molecule is COC(=O)Cc1csc(-c2nc3c(Br)c4ccccc4c(Br)c3nc2-c2ccc(CC(=O)OC)s2)c1. The first kappa shape index (κ1) is 25.0. The van der Waals surface area contributed by atoms with Crippen molar-refractivity contribution < 1.29 is 19.1 Å². The molecular weight excluding hydrogens is 628 g/mol. The van der Waals surface area contributed by atoms with E-state index in [2.05, 4.69) is 31.9 Å². The maximum Gasteiger partial charge on any atom is 0.310 e. The van der Waals surface area contributed by atoms with Crippen LogP contribution >= 0.6 is 54.5 Å². The van der Waals surface area contributed by atoms with Gasteiger partial charge in [-0.2, -0.15) is 0 Å². The molecule has 182 valence electrons. The normalized spacial score (nSPS) is 11.2. The zero-order valence-electron chi connectivity index (χ0n) is 19.1. The van der Waals surface area contributed by atoms with Crippen LogP contribution in [0.1, 0.15) is 10.4 Å². The minimum Gasteiger partial charge on any atom is -0.469 e. The molecule has 5 aromatic rings. The van der Waals surface area contributed by atoms with E-state index in [1.807, 2.05) is 47.8 Å². The van der Waals surface area contributed by atoms with Gasteiger partial charge >= 0.3 is 11.9 Å². The second kappa shape index (κ2) is 10.4. The van der Waals surface area contributed by atoms with Crippen LogP contribution in [-0.4, -0.2) is 36.1 Å². The molecule has 0 spiro atoms. The lowest BCUT2D eigenvalue weighted by molar-refractivity contribution is -0.140. The van der Waals surface area contributed by atoms with Crippen molar-refractivity contribution >= 4 is 88.3 Å². The molecule has 0 N–H and O–H groups in total. The number of rotatable bonds is 6. The predicted octanol–water partition coefficient (Wildman–Crippen LogP) is 7.20. The van der Waals surface area contributed by atoms with Crippen molar-refractivity contribution in [2.75, 3.05) is 14.2 Å². The fourth-order valence-corrected chi connectivity index (χ4v) is 6.98. The molecule has 0 aliphatic carbocycles. The predicted molar refractivity (Wildman–Crippen MR) is 151 cm³/mol. The topological polar surface area (TPSA) is 78.4 Å². The summed E-state index contributed by atoms with van der Waals surface area (Å²) in [5.41, 5.74) is 3.73. The lowest BCUT2D eigenvalue weighted by Crippen LogP contribution is -2.03. The molecule has 0 unspecified atom stereocenters. The molecular formula is C26H18Br2N2O4S2. The van der Waals surface area contributed by atoms with E-state index in [1.165, 1.54) is 36.9 Å². The second-order valence-corrected chi connectivity index (χ2v) is 11.5. The Bertz CT molecular complexity index is 1520. The summed E-state index contributed by atoms with van der Waals surface area (Å²) < 4.78 is 11.4. The number of methoxy groups -OCH3 is 2. The number of thiophene rings is 2. The highest BCUT2D eigenvalue weighted by Gasteiger charge is 2.21. The summed E-state index contributed by atoms with van der Waals surface area (Å²) in [6.45, 7) is 0. The van der Waals surface area contributed by atoms with Crippen molar-refractivity contribution in [1.82, 2.24) is 9.97 Å². The average Bonchev–Trinajstić information content (AvgIpc) is 3.56. The van der Waals surface area contributed by atoms with Gasteiger partial charge in [0, 0.05) is 4.88 Å². The Labute approximate surface area is 231 Å². The van der Waals surface area contributed by atoms with Crippen LogP contribution in [0.25, 0.3) is 42.9 Å². The highest BCUT2D eigenvalue weighted by Crippen LogP contribution is 2.43. The van der Waals surface area contributed by atoms with Gasteiger partial charge in [-0.25, -0.2) is 9.97 Å². The molecule has 36 heavy (non-hydrogen) atoms. The minimum absolute atomic E-state index is 0.186. The van der Waals surface area contributed by atoms with E-state index in [0.29, 0.717) is 11.4 Å². The number of benzene rings is 2. The Morgan fingerprint density at radius 3 is 2.03 bits per heavy atom.